The lowest BCUT2D eigenvalue weighted by atomic mass is 10.2. The second-order valence-corrected chi connectivity index (χ2v) is 5.76. The van der Waals surface area contributed by atoms with Gasteiger partial charge in [-0.1, -0.05) is 0 Å². The van der Waals surface area contributed by atoms with Crippen LogP contribution in [0.5, 0.6) is 0 Å². The largest absolute Gasteiger partial charge is 0.328 e. The summed E-state index contributed by atoms with van der Waals surface area (Å²) in [6, 6.07) is 0.589. The van der Waals surface area contributed by atoms with E-state index in [1.54, 1.807) is 0 Å². The maximum Gasteiger partial charge on any atom is 0.104 e. The molecule has 0 amide bonds. The molecule has 0 fully saturated rings. The lowest BCUT2D eigenvalue weighted by molar-refractivity contribution is -0.887. The molecule has 0 saturated carbocycles. The van der Waals surface area contributed by atoms with Crippen LogP contribution in [0.1, 0.15) is 6.92 Å². The zero-order valence-electron chi connectivity index (χ0n) is 10.3. The highest BCUT2D eigenvalue weighted by molar-refractivity contribution is 4.87. The fraction of sp³-hybridized carbons (Fsp3) is 0.818. The van der Waals surface area contributed by atoms with Crippen molar-refractivity contribution >= 4 is 0 Å². The van der Waals surface area contributed by atoms with E-state index < -0.39 is 0 Å². The van der Waals surface area contributed by atoms with Crippen LogP contribution in [0.2, 0.25) is 0 Å². The summed E-state index contributed by atoms with van der Waals surface area (Å²) in [4.78, 5) is 0. The van der Waals surface area contributed by atoms with Crippen LogP contribution in [-0.2, 0) is 0 Å². The van der Waals surface area contributed by atoms with E-state index in [1.807, 2.05) is 0 Å². The minimum Gasteiger partial charge on any atom is -0.328 e. The van der Waals surface area contributed by atoms with Crippen LogP contribution in [0.25, 0.3) is 0 Å². The predicted molar refractivity (Wildman–Crippen MR) is 59.5 cm³/mol. The van der Waals surface area contributed by atoms with Crippen molar-refractivity contribution in [1.82, 2.24) is 0 Å². The van der Waals surface area contributed by atoms with Gasteiger partial charge in [-0.15, -0.1) is 0 Å². The molecule has 13 heavy (non-hydrogen) atoms. The standard InChI is InChI=1S/C11H26N2/c1-11(13(5,6)7)9-8-10-12(2,3)4/h8-9,11H,10H2,1-7H3/q+2/b9-8+. The molecular formula is C11H26N2+2. The summed E-state index contributed by atoms with van der Waals surface area (Å²) in [6.45, 7) is 3.36. The minimum absolute atomic E-state index is 0.589. The van der Waals surface area contributed by atoms with Gasteiger partial charge >= 0.3 is 0 Å². The maximum absolute atomic E-state index is 2.31. The predicted octanol–water partition coefficient (Wildman–Crippen LogP) is 1.34. The molecule has 0 saturated heterocycles. The summed E-state index contributed by atoms with van der Waals surface area (Å²) in [7, 11) is 13.3. The molecule has 0 aliphatic carbocycles. The van der Waals surface area contributed by atoms with E-state index in [4.69, 9.17) is 0 Å². The van der Waals surface area contributed by atoms with Crippen LogP contribution >= 0.6 is 0 Å². The van der Waals surface area contributed by atoms with Gasteiger partial charge in [0.05, 0.1) is 48.8 Å². The molecule has 78 valence electrons. The summed E-state index contributed by atoms with van der Waals surface area (Å²) >= 11 is 0. The molecule has 0 aliphatic heterocycles. The number of hydrogen-bond acceptors (Lipinski definition) is 0. The lowest BCUT2D eigenvalue weighted by Gasteiger charge is -2.29. The van der Waals surface area contributed by atoms with Gasteiger partial charge in [0.25, 0.3) is 0 Å². The summed E-state index contributed by atoms with van der Waals surface area (Å²) in [5, 5.41) is 0. The van der Waals surface area contributed by atoms with Gasteiger partial charge in [-0.2, -0.15) is 0 Å². The summed E-state index contributed by atoms with van der Waals surface area (Å²) in [5.74, 6) is 0. The lowest BCUT2D eigenvalue weighted by Crippen LogP contribution is -2.42. The molecule has 0 heterocycles. The van der Waals surface area contributed by atoms with Gasteiger partial charge < -0.3 is 8.97 Å². The van der Waals surface area contributed by atoms with Crippen LogP contribution in [0.15, 0.2) is 12.2 Å². The van der Waals surface area contributed by atoms with Gasteiger partial charge in [0.1, 0.15) is 6.04 Å². The Morgan fingerprint density at radius 3 is 1.77 bits per heavy atom. The van der Waals surface area contributed by atoms with Crippen molar-refractivity contribution in [2.24, 2.45) is 0 Å². The fourth-order valence-electron chi connectivity index (χ4n) is 0.832. The zero-order chi connectivity index (χ0) is 10.7. The topological polar surface area (TPSA) is 0 Å². The van der Waals surface area contributed by atoms with Crippen molar-refractivity contribution in [2.45, 2.75) is 13.0 Å². The number of quaternary nitrogens is 2. The second-order valence-electron chi connectivity index (χ2n) is 5.76. The van der Waals surface area contributed by atoms with Crippen LogP contribution in [0.3, 0.4) is 0 Å². The molecule has 0 rings (SSSR count). The van der Waals surface area contributed by atoms with Crippen molar-refractivity contribution in [2.75, 3.05) is 48.8 Å². The van der Waals surface area contributed by atoms with E-state index in [0.717, 1.165) is 15.5 Å². The number of nitrogens with zero attached hydrogens (tertiary/aromatic N) is 2. The Labute approximate surface area is 83.6 Å². The molecule has 2 heteroatoms. The third kappa shape index (κ3) is 6.79. The molecule has 0 aromatic carbocycles. The van der Waals surface area contributed by atoms with Crippen molar-refractivity contribution < 1.29 is 8.97 Å². The monoisotopic (exact) mass is 186 g/mol. The second kappa shape index (κ2) is 4.25. The number of hydrogen-bond donors (Lipinski definition) is 0. The molecule has 2 nitrogen and oxygen atoms in total. The van der Waals surface area contributed by atoms with E-state index >= 15 is 0 Å². The van der Waals surface area contributed by atoms with Gasteiger partial charge in [0, 0.05) is 0 Å². The Balaban J connectivity index is 4.00. The van der Waals surface area contributed by atoms with Crippen LogP contribution in [0, 0.1) is 0 Å². The van der Waals surface area contributed by atoms with Gasteiger partial charge in [-0.25, -0.2) is 0 Å². The van der Waals surface area contributed by atoms with Crippen LogP contribution < -0.4 is 0 Å². The van der Waals surface area contributed by atoms with E-state index in [0.29, 0.717) is 6.04 Å². The fourth-order valence-corrected chi connectivity index (χ4v) is 0.832. The van der Waals surface area contributed by atoms with Gasteiger partial charge in [-0.3, -0.25) is 0 Å². The average Bonchev–Trinajstić information content (AvgIpc) is 1.82. The molecule has 1 unspecified atom stereocenters. The zero-order valence-corrected chi connectivity index (χ0v) is 10.3. The molecule has 0 aliphatic rings. The quantitative estimate of drug-likeness (QED) is 0.459. The average molecular weight is 186 g/mol. The third-order valence-electron chi connectivity index (χ3n) is 2.29. The highest BCUT2D eigenvalue weighted by Gasteiger charge is 2.14. The van der Waals surface area contributed by atoms with E-state index in [-0.39, 0.29) is 0 Å². The third-order valence-corrected chi connectivity index (χ3v) is 2.29. The van der Waals surface area contributed by atoms with Crippen LogP contribution in [-0.4, -0.2) is 63.8 Å². The molecule has 0 aromatic heterocycles. The normalized spacial score (nSPS) is 16.5. The smallest absolute Gasteiger partial charge is 0.104 e. The molecule has 0 aromatic rings. The van der Waals surface area contributed by atoms with Gasteiger partial charge in [0.2, 0.25) is 0 Å². The highest BCUT2D eigenvalue weighted by Crippen LogP contribution is 2.03. The molecule has 0 radical (unpaired) electrons. The van der Waals surface area contributed by atoms with E-state index in [9.17, 15) is 0 Å². The van der Waals surface area contributed by atoms with Gasteiger partial charge in [0.15, 0.2) is 0 Å². The minimum atomic E-state index is 0.589. The first-order chi connectivity index (χ1) is 5.63. The van der Waals surface area contributed by atoms with E-state index in [2.05, 4.69) is 61.4 Å². The van der Waals surface area contributed by atoms with Crippen molar-refractivity contribution in [1.29, 1.82) is 0 Å². The first-order valence-corrected chi connectivity index (χ1v) is 4.91. The SMILES string of the molecule is CC(/C=C/C[N+](C)(C)C)[N+](C)(C)C. The summed E-state index contributed by atoms with van der Waals surface area (Å²) < 4.78 is 1.99. The van der Waals surface area contributed by atoms with Crippen molar-refractivity contribution in [3.05, 3.63) is 12.2 Å². The van der Waals surface area contributed by atoms with Gasteiger partial charge in [-0.05, 0) is 19.1 Å². The Bertz CT molecular complexity index is 170. The molecule has 0 N–H and O–H groups in total. The van der Waals surface area contributed by atoms with Crippen molar-refractivity contribution in [3.8, 4) is 0 Å². The summed E-state index contributed by atoms with van der Waals surface area (Å²) in [6.07, 6.45) is 4.59. The highest BCUT2D eigenvalue weighted by atomic mass is 15.3. The Morgan fingerprint density at radius 2 is 1.46 bits per heavy atom. The first-order valence-electron chi connectivity index (χ1n) is 4.91. The van der Waals surface area contributed by atoms with Crippen molar-refractivity contribution in [3.63, 3.8) is 0 Å². The Kier molecular flexibility index (Phi) is 4.14. The molecule has 1 atom stereocenters. The first kappa shape index (κ1) is 12.7. The molecular weight excluding hydrogens is 160 g/mol. The maximum atomic E-state index is 2.31. The molecule has 0 spiro atoms. The Hall–Kier alpha value is -0.340. The number of likely N-dealkylation sites (N-methyl/N-ethyl adjacent to an activating group) is 2. The number of rotatable bonds is 4. The van der Waals surface area contributed by atoms with Crippen LogP contribution in [0.4, 0.5) is 0 Å². The Morgan fingerprint density at radius 1 is 1.00 bits per heavy atom. The van der Waals surface area contributed by atoms with E-state index in [1.165, 1.54) is 0 Å². The molecule has 0 bridgehead atoms. The summed E-state index contributed by atoms with van der Waals surface area (Å²) in [5.41, 5.74) is 0.